The van der Waals surface area contributed by atoms with Crippen molar-refractivity contribution in [3.8, 4) is 5.75 Å². The zero-order chi connectivity index (χ0) is 19.4. The molecule has 0 bridgehead atoms. The van der Waals surface area contributed by atoms with Gasteiger partial charge in [0.2, 0.25) is 5.91 Å². The summed E-state index contributed by atoms with van der Waals surface area (Å²) < 4.78 is 11.3. The average molecular weight is 379 g/mol. The molecule has 0 spiro atoms. The first-order chi connectivity index (χ1) is 13.0. The first-order valence-electron chi connectivity index (χ1n) is 9.36. The van der Waals surface area contributed by atoms with E-state index in [2.05, 4.69) is 15.1 Å². The van der Waals surface area contributed by atoms with E-state index in [9.17, 15) is 15.0 Å². The van der Waals surface area contributed by atoms with Crippen LogP contribution in [0.4, 0.5) is 5.69 Å². The van der Waals surface area contributed by atoms with Gasteiger partial charge in [0.25, 0.3) is 0 Å². The fourth-order valence-electron chi connectivity index (χ4n) is 3.99. The van der Waals surface area contributed by atoms with Crippen LogP contribution in [0.2, 0.25) is 0 Å². The van der Waals surface area contributed by atoms with Crippen molar-refractivity contribution in [3.05, 3.63) is 24.3 Å². The number of rotatable bonds is 6. The van der Waals surface area contributed by atoms with Crippen LogP contribution in [0.3, 0.4) is 0 Å². The number of nitrogens with one attached hydrogen (secondary N) is 1. The molecule has 150 valence electrons. The highest BCUT2D eigenvalue weighted by Gasteiger charge is 2.46. The largest absolute Gasteiger partial charge is 0.495 e. The Morgan fingerprint density at radius 2 is 1.96 bits per heavy atom. The van der Waals surface area contributed by atoms with Gasteiger partial charge in [0.1, 0.15) is 18.0 Å². The van der Waals surface area contributed by atoms with Gasteiger partial charge in [0.15, 0.2) is 0 Å². The smallest absolute Gasteiger partial charge is 0.216 e. The monoisotopic (exact) mass is 379 g/mol. The number of hydrogen-bond acceptors (Lipinski definition) is 7. The Morgan fingerprint density at radius 1 is 1.26 bits per heavy atom. The van der Waals surface area contributed by atoms with Gasteiger partial charge < -0.3 is 29.9 Å². The molecule has 1 aromatic rings. The molecule has 0 aliphatic carbocycles. The normalized spacial score (nSPS) is 29.0. The summed E-state index contributed by atoms with van der Waals surface area (Å²) in [6.07, 6.45) is -1.76. The minimum absolute atomic E-state index is 0.139. The maximum absolute atomic E-state index is 11.3. The molecular weight excluding hydrogens is 350 g/mol. The van der Waals surface area contributed by atoms with Crippen molar-refractivity contribution in [1.82, 2.24) is 10.2 Å². The molecule has 3 N–H and O–H groups in total. The van der Waals surface area contributed by atoms with Crippen LogP contribution < -0.4 is 15.0 Å². The fraction of sp³-hybridized carbons (Fsp3) is 0.632. The number of hydrogen-bond donors (Lipinski definition) is 3. The summed E-state index contributed by atoms with van der Waals surface area (Å²) in [5.74, 6) is 0.708. The summed E-state index contributed by atoms with van der Waals surface area (Å²) in [5.41, 5.74) is 1.06. The van der Waals surface area contributed by atoms with Gasteiger partial charge in [-0.2, -0.15) is 0 Å². The van der Waals surface area contributed by atoms with Crippen LogP contribution in [-0.4, -0.2) is 91.8 Å². The average Bonchev–Trinajstić information content (AvgIpc) is 3.02. The summed E-state index contributed by atoms with van der Waals surface area (Å²) in [5, 5.41) is 22.9. The van der Waals surface area contributed by atoms with Crippen LogP contribution in [0, 0.1) is 0 Å². The van der Waals surface area contributed by atoms with Crippen molar-refractivity contribution in [3.63, 3.8) is 0 Å². The lowest BCUT2D eigenvalue weighted by Gasteiger charge is -2.41. The summed E-state index contributed by atoms with van der Waals surface area (Å²) in [6.45, 7) is 4.61. The quantitative estimate of drug-likeness (QED) is 0.610. The van der Waals surface area contributed by atoms with Gasteiger partial charge in [-0.15, -0.1) is 0 Å². The molecule has 1 aromatic carbocycles. The maximum Gasteiger partial charge on any atom is 0.216 e. The third-order valence-electron chi connectivity index (χ3n) is 5.36. The number of anilines is 1. The first-order valence-corrected chi connectivity index (χ1v) is 9.36. The van der Waals surface area contributed by atoms with E-state index in [0.717, 1.165) is 37.6 Å². The van der Waals surface area contributed by atoms with E-state index in [0.29, 0.717) is 6.54 Å². The minimum Gasteiger partial charge on any atom is -0.495 e. The highest BCUT2D eigenvalue weighted by molar-refractivity contribution is 5.72. The van der Waals surface area contributed by atoms with Gasteiger partial charge in [-0.3, -0.25) is 9.69 Å². The van der Waals surface area contributed by atoms with Crippen LogP contribution in [-0.2, 0) is 9.53 Å². The molecule has 2 aliphatic rings. The summed E-state index contributed by atoms with van der Waals surface area (Å²) in [4.78, 5) is 15.7. The number of piperazine rings is 1. The Bertz CT molecular complexity index is 636. The number of nitrogens with zero attached hydrogens (tertiary/aromatic N) is 2. The molecule has 27 heavy (non-hydrogen) atoms. The highest BCUT2D eigenvalue weighted by Crippen LogP contribution is 2.31. The second-order valence-corrected chi connectivity index (χ2v) is 7.01. The van der Waals surface area contributed by atoms with Crippen molar-refractivity contribution >= 4 is 11.6 Å². The van der Waals surface area contributed by atoms with Crippen molar-refractivity contribution in [2.45, 2.75) is 31.3 Å². The summed E-state index contributed by atoms with van der Waals surface area (Å²) >= 11 is 0. The standard InChI is InChI=1S/C19H29N3O5/c1-13(24)20-11-16-18(19(25)17(12-23)27-16)22-9-7-21(8-10-22)14-5-3-4-6-15(14)26-2/h3-6,16-19,23,25H,7-12H2,1-2H3,(H,20,24)/t16-,17+,18+,19-/m1/s1. The number of benzene rings is 1. The Labute approximate surface area is 159 Å². The minimum atomic E-state index is -0.786. The van der Waals surface area contributed by atoms with E-state index in [1.807, 2.05) is 24.3 Å². The Morgan fingerprint density at radius 3 is 2.59 bits per heavy atom. The van der Waals surface area contributed by atoms with Crippen molar-refractivity contribution < 1.29 is 24.5 Å². The molecular formula is C19H29N3O5. The third-order valence-corrected chi connectivity index (χ3v) is 5.36. The van der Waals surface area contributed by atoms with E-state index in [1.54, 1.807) is 7.11 Å². The number of para-hydroxylation sites is 2. The molecule has 3 rings (SSSR count). The zero-order valence-electron chi connectivity index (χ0n) is 15.9. The first kappa shape index (κ1) is 19.9. The summed E-state index contributed by atoms with van der Waals surface area (Å²) in [6, 6.07) is 7.68. The SMILES string of the molecule is COc1ccccc1N1CCN([C@@H]2[C@H](O)[C@H](CO)O[C@@H]2CNC(C)=O)CC1. The van der Waals surface area contributed by atoms with Crippen LogP contribution in [0.15, 0.2) is 24.3 Å². The van der Waals surface area contributed by atoms with Crippen LogP contribution >= 0.6 is 0 Å². The second-order valence-electron chi connectivity index (χ2n) is 7.01. The molecule has 2 aliphatic heterocycles. The number of carbonyl (C=O) groups is 1. The predicted molar refractivity (Wildman–Crippen MR) is 101 cm³/mol. The molecule has 0 radical (unpaired) electrons. The van der Waals surface area contributed by atoms with E-state index >= 15 is 0 Å². The lowest BCUT2D eigenvalue weighted by atomic mass is 10.0. The Balaban J connectivity index is 1.66. The predicted octanol–water partition coefficient (Wildman–Crippen LogP) is -0.557. The Hall–Kier alpha value is -1.87. The summed E-state index contributed by atoms with van der Waals surface area (Å²) in [7, 11) is 1.67. The number of carbonyl (C=O) groups excluding carboxylic acids is 1. The molecule has 8 nitrogen and oxygen atoms in total. The van der Waals surface area contributed by atoms with Gasteiger partial charge in [0, 0.05) is 39.6 Å². The number of aliphatic hydroxyl groups is 2. The molecule has 0 unspecified atom stereocenters. The topological polar surface area (TPSA) is 94.5 Å². The van der Waals surface area contributed by atoms with E-state index in [1.165, 1.54) is 6.92 Å². The van der Waals surface area contributed by atoms with Gasteiger partial charge >= 0.3 is 0 Å². The molecule has 4 atom stereocenters. The van der Waals surface area contributed by atoms with Crippen molar-refractivity contribution in [1.29, 1.82) is 0 Å². The number of amides is 1. The lowest BCUT2D eigenvalue weighted by molar-refractivity contribution is -0.119. The fourth-order valence-corrected chi connectivity index (χ4v) is 3.99. The van der Waals surface area contributed by atoms with E-state index in [-0.39, 0.29) is 24.7 Å². The van der Waals surface area contributed by atoms with Crippen LogP contribution in [0.5, 0.6) is 5.75 Å². The second kappa shape index (κ2) is 8.88. The number of ether oxygens (including phenoxy) is 2. The number of aliphatic hydroxyl groups excluding tert-OH is 2. The van der Waals surface area contributed by atoms with Crippen molar-refractivity contribution in [2.75, 3.05) is 51.3 Å². The van der Waals surface area contributed by atoms with Gasteiger partial charge in [0.05, 0.1) is 31.5 Å². The zero-order valence-corrected chi connectivity index (χ0v) is 15.9. The molecule has 1 amide bonds. The molecule has 0 aromatic heterocycles. The Kier molecular flexibility index (Phi) is 6.54. The van der Waals surface area contributed by atoms with E-state index < -0.39 is 12.2 Å². The number of methoxy groups -OCH3 is 1. The van der Waals surface area contributed by atoms with Crippen molar-refractivity contribution in [2.24, 2.45) is 0 Å². The highest BCUT2D eigenvalue weighted by atomic mass is 16.5. The van der Waals surface area contributed by atoms with E-state index in [4.69, 9.17) is 9.47 Å². The molecule has 2 heterocycles. The third kappa shape index (κ3) is 4.35. The van der Waals surface area contributed by atoms with Gasteiger partial charge in [-0.1, -0.05) is 12.1 Å². The van der Waals surface area contributed by atoms with Gasteiger partial charge in [-0.05, 0) is 12.1 Å². The molecule has 8 heteroatoms. The molecule has 0 saturated carbocycles. The van der Waals surface area contributed by atoms with Crippen LogP contribution in [0.1, 0.15) is 6.92 Å². The molecule has 2 fully saturated rings. The maximum atomic E-state index is 11.3. The van der Waals surface area contributed by atoms with Crippen LogP contribution in [0.25, 0.3) is 0 Å². The van der Waals surface area contributed by atoms with Gasteiger partial charge in [-0.25, -0.2) is 0 Å². The lowest BCUT2D eigenvalue weighted by Crippen LogP contribution is -2.57. The molecule has 2 saturated heterocycles.